The average molecular weight is 282 g/mol. The van der Waals surface area contributed by atoms with Gasteiger partial charge in [-0.1, -0.05) is 18.5 Å². The summed E-state index contributed by atoms with van der Waals surface area (Å²) in [6.45, 7) is 2.85. The van der Waals surface area contributed by atoms with Crippen LogP contribution in [0, 0.1) is 0 Å². The van der Waals surface area contributed by atoms with Crippen molar-refractivity contribution in [3.8, 4) is 0 Å². The van der Waals surface area contributed by atoms with Crippen LogP contribution >= 0.6 is 11.6 Å². The van der Waals surface area contributed by atoms with Gasteiger partial charge >= 0.3 is 6.09 Å². The maximum absolute atomic E-state index is 11.4. The lowest BCUT2D eigenvalue weighted by Gasteiger charge is -2.13. The summed E-state index contributed by atoms with van der Waals surface area (Å²) in [4.78, 5) is 11.4. The Hall–Kier alpha value is -1.75. The highest BCUT2D eigenvalue weighted by molar-refractivity contribution is 6.31. The smallest absolute Gasteiger partial charge is 0.430 e. The van der Waals surface area contributed by atoms with Crippen LogP contribution < -0.4 is 5.32 Å². The molecule has 0 unspecified atom stereocenters. The van der Waals surface area contributed by atoms with Gasteiger partial charge in [0.2, 0.25) is 0 Å². The van der Waals surface area contributed by atoms with Crippen molar-refractivity contribution in [3.63, 3.8) is 0 Å². The van der Waals surface area contributed by atoms with Gasteiger partial charge in [0.1, 0.15) is 6.61 Å². The van der Waals surface area contributed by atoms with Gasteiger partial charge in [-0.15, -0.1) is 0 Å². The number of cyclic esters (lactones) is 1. The Balaban J connectivity index is 2.38. The third-order valence-electron chi connectivity index (χ3n) is 2.88. The maximum atomic E-state index is 11.4. The predicted molar refractivity (Wildman–Crippen MR) is 75.9 cm³/mol. The molecule has 0 saturated carbocycles. The molecule has 1 aromatic carbocycles. The minimum Gasteiger partial charge on any atom is -0.446 e. The van der Waals surface area contributed by atoms with E-state index in [4.69, 9.17) is 16.3 Å². The summed E-state index contributed by atoms with van der Waals surface area (Å²) < 4.78 is 4.87. The number of benzene rings is 1. The van der Waals surface area contributed by atoms with E-state index in [0.29, 0.717) is 24.6 Å². The number of amides is 1. The van der Waals surface area contributed by atoms with Crippen molar-refractivity contribution in [1.82, 2.24) is 5.01 Å². The number of hydrogen-bond acceptors (Lipinski definition) is 4. The van der Waals surface area contributed by atoms with Crippen LogP contribution in [0.1, 0.15) is 18.9 Å². The number of carbonyl (C=O) groups excluding carboxylic acids is 1. The fraction of sp³-hybridized carbons (Fsp3) is 0.385. The van der Waals surface area contributed by atoms with E-state index in [2.05, 4.69) is 10.4 Å². The van der Waals surface area contributed by atoms with E-state index in [1.54, 1.807) is 0 Å². The Morgan fingerprint density at radius 1 is 1.58 bits per heavy atom. The first kappa shape index (κ1) is 13.7. The second-order valence-electron chi connectivity index (χ2n) is 4.08. The molecule has 6 heteroatoms. The van der Waals surface area contributed by atoms with E-state index >= 15 is 0 Å². The van der Waals surface area contributed by atoms with Crippen molar-refractivity contribution in [1.29, 1.82) is 0 Å². The third-order valence-corrected chi connectivity index (χ3v) is 3.11. The maximum Gasteiger partial charge on any atom is 0.430 e. The molecule has 0 radical (unpaired) electrons. The zero-order valence-electron chi connectivity index (χ0n) is 10.9. The first-order chi connectivity index (χ1) is 9.15. The van der Waals surface area contributed by atoms with E-state index in [-0.39, 0.29) is 0 Å². The lowest BCUT2D eigenvalue weighted by molar-refractivity contribution is 0.159. The fourth-order valence-corrected chi connectivity index (χ4v) is 2.08. The molecule has 1 saturated heterocycles. The van der Waals surface area contributed by atoms with E-state index in [0.717, 1.165) is 17.0 Å². The molecule has 0 aliphatic carbocycles. The molecule has 1 aromatic rings. The normalized spacial score (nSPS) is 15.6. The van der Waals surface area contributed by atoms with Crippen LogP contribution in [0.4, 0.5) is 10.5 Å². The van der Waals surface area contributed by atoms with Crippen LogP contribution in [0.3, 0.4) is 0 Å². The van der Waals surface area contributed by atoms with Crippen molar-refractivity contribution >= 4 is 29.1 Å². The number of nitrogens with zero attached hydrogens (tertiary/aromatic N) is 2. The van der Waals surface area contributed by atoms with Crippen molar-refractivity contribution in [2.24, 2.45) is 5.10 Å². The lowest BCUT2D eigenvalue weighted by Crippen LogP contribution is -2.20. The van der Waals surface area contributed by atoms with E-state index in [9.17, 15) is 4.79 Å². The summed E-state index contributed by atoms with van der Waals surface area (Å²) in [6, 6.07) is 5.55. The van der Waals surface area contributed by atoms with Gasteiger partial charge in [-0.25, -0.2) is 4.79 Å². The molecule has 2 rings (SSSR count). The summed E-state index contributed by atoms with van der Waals surface area (Å²) in [7, 11) is 1.84. The highest BCUT2D eigenvalue weighted by atomic mass is 35.5. The van der Waals surface area contributed by atoms with E-state index in [1.165, 1.54) is 5.01 Å². The first-order valence-electron chi connectivity index (χ1n) is 6.15. The minimum absolute atomic E-state index is 0.383. The Kier molecular flexibility index (Phi) is 4.27. The molecule has 1 heterocycles. The lowest BCUT2D eigenvalue weighted by atomic mass is 10.1. The molecule has 1 fully saturated rings. The van der Waals surface area contributed by atoms with Crippen molar-refractivity contribution in [2.75, 3.05) is 25.5 Å². The van der Waals surface area contributed by atoms with Crippen molar-refractivity contribution in [3.05, 3.63) is 28.8 Å². The standard InChI is InChI=1S/C13H16ClN3O2/c1-3-11(16-17-6-7-19-13(17)18)10-8-9(14)4-5-12(10)15-2/h4-5,8,15H,3,6-7H2,1-2H3/b16-11-. The van der Waals surface area contributed by atoms with Gasteiger partial charge in [-0.05, 0) is 24.6 Å². The van der Waals surface area contributed by atoms with Crippen LogP contribution in [0.25, 0.3) is 0 Å². The molecule has 1 aliphatic rings. The molecule has 1 aliphatic heterocycles. The van der Waals surface area contributed by atoms with Crippen LogP contribution in [-0.4, -0.2) is 37.0 Å². The molecule has 0 aromatic heterocycles. The first-order valence-corrected chi connectivity index (χ1v) is 6.53. The van der Waals surface area contributed by atoms with Gasteiger partial charge < -0.3 is 10.1 Å². The summed E-state index contributed by atoms with van der Waals surface area (Å²) in [5, 5.41) is 9.46. The number of hydrazone groups is 1. The van der Waals surface area contributed by atoms with E-state index in [1.807, 2.05) is 32.2 Å². The van der Waals surface area contributed by atoms with Gasteiger partial charge in [0.15, 0.2) is 0 Å². The highest BCUT2D eigenvalue weighted by Gasteiger charge is 2.22. The van der Waals surface area contributed by atoms with Crippen molar-refractivity contribution in [2.45, 2.75) is 13.3 Å². The molecule has 1 amide bonds. The fourth-order valence-electron chi connectivity index (χ4n) is 1.91. The monoisotopic (exact) mass is 281 g/mol. The van der Waals surface area contributed by atoms with Crippen LogP contribution in [-0.2, 0) is 4.74 Å². The number of rotatable bonds is 4. The number of ether oxygens (including phenoxy) is 1. The largest absolute Gasteiger partial charge is 0.446 e. The van der Waals surface area contributed by atoms with Crippen LogP contribution in [0.5, 0.6) is 0 Å². The highest BCUT2D eigenvalue weighted by Crippen LogP contribution is 2.23. The van der Waals surface area contributed by atoms with Gasteiger partial charge in [0, 0.05) is 23.3 Å². The molecular formula is C13H16ClN3O2. The molecule has 0 spiro atoms. The Labute approximate surface area is 117 Å². The zero-order valence-corrected chi connectivity index (χ0v) is 11.7. The van der Waals surface area contributed by atoms with Crippen LogP contribution in [0.15, 0.2) is 23.3 Å². The van der Waals surface area contributed by atoms with Gasteiger partial charge in [-0.3, -0.25) is 0 Å². The predicted octanol–water partition coefficient (Wildman–Crippen LogP) is 2.95. The zero-order chi connectivity index (χ0) is 13.8. The topological polar surface area (TPSA) is 53.9 Å². The summed E-state index contributed by atoms with van der Waals surface area (Å²) >= 11 is 6.03. The number of hydrogen-bond donors (Lipinski definition) is 1. The Morgan fingerprint density at radius 3 is 2.95 bits per heavy atom. The molecular weight excluding hydrogens is 266 g/mol. The van der Waals surface area contributed by atoms with Gasteiger partial charge in [0.05, 0.1) is 12.3 Å². The van der Waals surface area contributed by atoms with Gasteiger partial charge in [0.25, 0.3) is 0 Å². The molecule has 19 heavy (non-hydrogen) atoms. The van der Waals surface area contributed by atoms with Gasteiger partial charge in [-0.2, -0.15) is 10.1 Å². The Bertz CT molecular complexity index is 517. The number of halogens is 1. The quantitative estimate of drug-likeness (QED) is 0.863. The second-order valence-corrected chi connectivity index (χ2v) is 4.51. The molecule has 1 N–H and O–H groups in total. The van der Waals surface area contributed by atoms with E-state index < -0.39 is 6.09 Å². The second kappa shape index (κ2) is 5.93. The SMILES string of the molecule is CC/C(=N/N1CCOC1=O)c1cc(Cl)ccc1NC. The Morgan fingerprint density at radius 2 is 2.37 bits per heavy atom. The molecule has 0 atom stereocenters. The average Bonchev–Trinajstić information content (AvgIpc) is 2.81. The number of nitrogens with one attached hydrogen (secondary N) is 1. The van der Waals surface area contributed by atoms with Crippen molar-refractivity contribution < 1.29 is 9.53 Å². The molecule has 0 bridgehead atoms. The molecule has 102 valence electrons. The number of anilines is 1. The third kappa shape index (κ3) is 2.98. The minimum atomic E-state index is -0.404. The molecule has 5 nitrogen and oxygen atoms in total. The summed E-state index contributed by atoms with van der Waals surface area (Å²) in [5.41, 5.74) is 2.63. The number of carbonyl (C=O) groups is 1. The summed E-state index contributed by atoms with van der Waals surface area (Å²) in [5.74, 6) is 0. The summed E-state index contributed by atoms with van der Waals surface area (Å²) in [6.07, 6.45) is 0.290. The van der Waals surface area contributed by atoms with Crippen LogP contribution in [0.2, 0.25) is 5.02 Å².